The lowest BCUT2D eigenvalue weighted by Crippen LogP contribution is -2.47. The fourth-order valence-corrected chi connectivity index (χ4v) is 3.24. The minimum absolute atomic E-state index is 0.443. The Morgan fingerprint density at radius 2 is 1.76 bits per heavy atom. The van der Waals surface area contributed by atoms with Crippen molar-refractivity contribution in [2.45, 2.75) is 13.0 Å². The molecule has 1 N–H and O–H groups in total. The van der Waals surface area contributed by atoms with Crippen LogP contribution in [0.3, 0.4) is 0 Å². The van der Waals surface area contributed by atoms with E-state index in [0.29, 0.717) is 6.54 Å². The second-order valence-electron chi connectivity index (χ2n) is 6.42. The van der Waals surface area contributed by atoms with Gasteiger partial charge >= 0.3 is 0 Å². The summed E-state index contributed by atoms with van der Waals surface area (Å²) in [6.45, 7) is 6.16. The maximum atomic E-state index is 10.4. The topological polar surface area (TPSA) is 69.8 Å². The standard InChI is InChI=1S/C18H22N6O/c1-14-19-20-17-7-8-18(21-24(14)17)23-11-9-22(10-12-23)13-16(25)15-5-3-2-4-6-15/h2-8,16,25H,9-13H2,1H3. The fourth-order valence-electron chi connectivity index (χ4n) is 3.24. The third kappa shape index (κ3) is 3.33. The van der Waals surface area contributed by atoms with Crippen LogP contribution in [0.25, 0.3) is 5.65 Å². The lowest BCUT2D eigenvalue weighted by Gasteiger charge is -2.36. The summed E-state index contributed by atoms with van der Waals surface area (Å²) in [5, 5.41) is 23.2. The number of hydrogen-bond acceptors (Lipinski definition) is 6. The Kier molecular flexibility index (Phi) is 4.33. The minimum atomic E-state index is -0.443. The van der Waals surface area contributed by atoms with Crippen molar-refractivity contribution in [3.63, 3.8) is 0 Å². The largest absolute Gasteiger partial charge is 0.387 e. The SMILES string of the molecule is Cc1nnc2ccc(N3CCN(CC(O)c4ccccc4)CC3)nn12. The molecule has 7 nitrogen and oxygen atoms in total. The summed E-state index contributed by atoms with van der Waals surface area (Å²) in [6, 6.07) is 13.8. The summed E-state index contributed by atoms with van der Waals surface area (Å²) in [5.74, 6) is 1.74. The Labute approximate surface area is 146 Å². The Hall–Kier alpha value is -2.51. The molecule has 25 heavy (non-hydrogen) atoms. The van der Waals surface area contributed by atoms with E-state index in [2.05, 4.69) is 25.1 Å². The predicted molar refractivity (Wildman–Crippen MR) is 95.6 cm³/mol. The first-order chi connectivity index (χ1) is 12.2. The van der Waals surface area contributed by atoms with Crippen LogP contribution in [0.5, 0.6) is 0 Å². The van der Waals surface area contributed by atoms with Crippen LogP contribution in [0.15, 0.2) is 42.5 Å². The second kappa shape index (κ2) is 6.78. The average Bonchev–Trinajstić information content (AvgIpc) is 3.03. The van der Waals surface area contributed by atoms with Crippen LogP contribution in [-0.4, -0.2) is 62.5 Å². The van der Waals surface area contributed by atoms with E-state index in [1.165, 1.54) is 0 Å². The molecule has 1 unspecified atom stereocenters. The molecular formula is C18H22N6O. The number of fused-ring (bicyclic) bond motifs is 1. The molecule has 1 aromatic carbocycles. The molecule has 1 aliphatic rings. The Morgan fingerprint density at radius 3 is 2.52 bits per heavy atom. The van der Waals surface area contributed by atoms with Gasteiger partial charge in [-0.15, -0.1) is 15.3 Å². The van der Waals surface area contributed by atoms with Gasteiger partial charge in [-0.1, -0.05) is 30.3 Å². The number of piperazine rings is 1. The molecule has 7 heteroatoms. The first-order valence-electron chi connectivity index (χ1n) is 8.60. The summed E-state index contributed by atoms with van der Waals surface area (Å²) in [6.07, 6.45) is -0.443. The van der Waals surface area contributed by atoms with Gasteiger partial charge in [0.15, 0.2) is 11.5 Å². The second-order valence-corrected chi connectivity index (χ2v) is 6.42. The fraction of sp³-hybridized carbons (Fsp3) is 0.389. The highest BCUT2D eigenvalue weighted by Gasteiger charge is 2.21. The maximum Gasteiger partial charge on any atom is 0.178 e. The zero-order chi connectivity index (χ0) is 17.2. The molecule has 130 valence electrons. The molecule has 0 saturated carbocycles. The van der Waals surface area contributed by atoms with Crippen LogP contribution < -0.4 is 4.90 Å². The molecule has 3 heterocycles. The quantitative estimate of drug-likeness (QED) is 0.773. The number of hydrogen-bond donors (Lipinski definition) is 1. The Bertz CT molecular complexity index is 841. The van der Waals surface area contributed by atoms with Gasteiger partial charge in [0.25, 0.3) is 0 Å². The monoisotopic (exact) mass is 338 g/mol. The van der Waals surface area contributed by atoms with Crippen molar-refractivity contribution in [1.29, 1.82) is 0 Å². The predicted octanol–water partition coefficient (Wildman–Crippen LogP) is 1.29. The van der Waals surface area contributed by atoms with Gasteiger partial charge < -0.3 is 10.0 Å². The highest BCUT2D eigenvalue weighted by molar-refractivity contribution is 5.46. The molecule has 1 saturated heterocycles. The molecule has 0 spiro atoms. The lowest BCUT2D eigenvalue weighted by molar-refractivity contribution is 0.109. The van der Waals surface area contributed by atoms with E-state index in [4.69, 9.17) is 0 Å². The van der Waals surface area contributed by atoms with E-state index in [9.17, 15) is 5.11 Å². The van der Waals surface area contributed by atoms with Gasteiger partial charge in [-0.05, 0) is 24.6 Å². The van der Waals surface area contributed by atoms with Crippen molar-refractivity contribution in [3.8, 4) is 0 Å². The molecule has 0 bridgehead atoms. The van der Waals surface area contributed by atoms with Gasteiger partial charge in [-0.25, -0.2) is 0 Å². The van der Waals surface area contributed by atoms with E-state index in [1.54, 1.807) is 4.52 Å². The van der Waals surface area contributed by atoms with Crippen molar-refractivity contribution in [2.75, 3.05) is 37.6 Å². The smallest absolute Gasteiger partial charge is 0.178 e. The molecule has 2 aromatic heterocycles. The molecule has 0 amide bonds. The van der Waals surface area contributed by atoms with Crippen LogP contribution >= 0.6 is 0 Å². The third-order valence-corrected chi connectivity index (χ3v) is 4.72. The zero-order valence-corrected chi connectivity index (χ0v) is 14.3. The number of β-amino-alcohol motifs (C(OH)–C–C–N with tert-alkyl or cyclic N) is 1. The number of aromatic nitrogens is 4. The van der Waals surface area contributed by atoms with Gasteiger partial charge in [0.1, 0.15) is 5.82 Å². The van der Waals surface area contributed by atoms with E-state index in [1.807, 2.05) is 49.4 Å². The molecule has 0 aliphatic carbocycles. The minimum Gasteiger partial charge on any atom is -0.387 e. The number of rotatable bonds is 4. The molecule has 1 atom stereocenters. The summed E-state index contributed by atoms with van der Waals surface area (Å²) >= 11 is 0. The maximum absolute atomic E-state index is 10.4. The van der Waals surface area contributed by atoms with Gasteiger partial charge in [0.05, 0.1) is 6.10 Å². The summed E-state index contributed by atoms with van der Waals surface area (Å²) < 4.78 is 1.78. The van der Waals surface area contributed by atoms with Gasteiger partial charge in [-0.3, -0.25) is 4.90 Å². The van der Waals surface area contributed by atoms with Crippen molar-refractivity contribution < 1.29 is 5.11 Å². The van der Waals surface area contributed by atoms with Crippen molar-refractivity contribution in [3.05, 3.63) is 53.9 Å². The van der Waals surface area contributed by atoms with Gasteiger partial charge in [-0.2, -0.15) is 4.52 Å². The van der Waals surface area contributed by atoms with Crippen LogP contribution in [-0.2, 0) is 0 Å². The average molecular weight is 338 g/mol. The van der Waals surface area contributed by atoms with Gasteiger partial charge in [0.2, 0.25) is 0 Å². The number of aryl methyl sites for hydroxylation is 1. The molecular weight excluding hydrogens is 316 g/mol. The van der Waals surface area contributed by atoms with E-state index in [-0.39, 0.29) is 0 Å². The van der Waals surface area contributed by atoms with Crippen LogP contribution in [0.2, 0.25) is 0 Å². The van der Waals surface area contributed by atoms with Crippen LogP contribution in [0, 0.1) is 6.92 Å². The lowest BCUT2D eigenvalue weighted by atomic mass is 10.1. The van der Waals surface area contributed by atoms with E-state index < -0.39 is 6.10 Å². The van der Waals surface area contributed by atoms with E-state index >= 15 is 0 Å². The summed E-state index contributed by atoms with van der Waals surface area (Å²) in [5.41, 5.74) is 1.74. The summed E-state index contributed by atoms with van der Waals surface area (Å²) in [7, 11) is 0. The Balaban J connectivity index is 1.38. The van der Waals surface area contributed by atoms with Crippen molar-refractivity contribution >= 4 is 11.5 Å². The van der Waals surface area contributed by atoms with Crippen molar-refractivity contribution in [1.82, 2.24) is 24.7 Å². The number of anilines is 1. The summed E-state index contributed by atoms with van der Waals surface area (Å²) in [4.78, 5) is 4.57. The molecule has 0 radical (unpaired) electrons. The first kappa shape index (κ1) is 16.0. The molecule has 1 fully saturated rings. The normalized spacial score (nSPS) is 17.1. The molecule has 3 aromatic rings. The van der Waals surface area contributed by atoms with Gasteiger partial charge in [0, 0.05) is 32.7 Å². The van der Waals surface area contributed by atoms with Crippen LogP contribution in [0.1, 0.15) is 17.5 Å². The number of benzene rings is 1. The first-order valence-corrected chi connectivity index (χ1v) is 8.60. The highest BCUT2D eigenvalue weighted by atomic mass is 16.3. The molecule has 1 aliphatic heterocycles. The molecule has 4 rings (SSSR count). The van der Waals surface area contributed by atoms with E-state index in [0.717, 1.165) is 49.0 Å². The van der Waals surface area contributed by atoms with Crippen LogP contribution in [0.4, 0.5) is 5.82 Å². The number of aliphatic hydroxyl groups is 1. The van der Waals surface area contributed by atoms with Crippen molar-refractivity contribution in [2.24, 2.45) is 0 Å². The third-order valence-electron chi connectivity index (χ3n) is 4.72. The zero-order valence-electron chi connectivity index (χ0n) is 14.3. The Morgan fingerprint density at radius 1 is 1.00 bits per heavy atom. The highest BCUT2D eigenvalue weighted by Crippen LogP contribution is 2.18. The number of aliphatic hydroxyl groups excluding tert-OH is 1. The number of nitrogens with zero attached hydrogens (tertiary/aromatic N) is 6.